The minimum atomic E-state index is -0.178. The predicted octanol–water partition coefficient (Wildman–Crippen LogP) is 2.75. The van der Waals surface area contributed by atoms with E-state index in [0.29, 0.717) is 12.5 Å². The van der Waals surface area contributed by atoms with Gasteiger partial charge in [0.25, 0.3) is 0 Å². The number of likely N-dealkylation sites (N-methyl/N-ethyl adjacent to an activating group) is 1. The Labute approximate surface area is 121 Å². The molecule has 112 valence electrons. The molecule has 1 heterocycles. The normalized spacial score (nSPS) is 22.6. The summed E-state index contributed by atoms with van der Waals surface area (Å²) in [5.41, 5.74) is 0. The predicted molar refractivity (Wildman–Crippen MR) is 79.5 cm³/mol. The summed E-state index contributed by atoms with van der Waals surface area (Å²) in [7, 11) is 0. The zero-order chi connectivity index (χ0) is 14.7. The van der Waals surface area contributed by atoms with Crippen LogP contribution in [0, 0.1) is 5.92 Å². The largest absolute Gasteiger partial charge is 0.464 e. The van der Waals surface area contributed by atoms with E-state index in [0.717, 1.165) is 30.5 Å². The van der Waals surface area contributed by atoms with E-state index in [4.69, 9.17) is 4.42 Å². The zero-order valence-corrected chi connectivity index (χ0v) is 13.0. The number of amides is 1. The molecular weight excluding hydrogens is 252 g/mol. The minimum absolute atomic E-state index is 0.151. The van der Waals surface area contributed by atoms with E-state index in [2.05, 4.69) is 18.3 Å². The van der Waals surface area contributed by atoms with E-state index >= 15 is 0 Å². The number of carbonyl (C=O) groups is 1. The van der Waals surface area contributed by atoms with Gasteiger partial charge in [0.1, 0.15) is 11.5 Å². The third kappa shape index (κ3) is 3.42. The Hall–Kier alpha value is -1.29. The smallest absolute Gasteiger partial charge is 0.239 e. The number of rotatable bonds is 7. The van der Waals surface area contributed by atoms with Gasteiger partial charge >= 0.3 is 0 Å². The molecule has 0 radical (unpaired) electrons. The molecule has 0 aromatic carbocycles. The summed E-state index contributed by atoms with van der Waals surface area (Å²) in [4.78, 5) is 14.0. The molecule has 20 heavy (non-hydrogen) atoms. The first-order chi connectivity index (χ1) is 9.56. The van der Waals surface area contributed by atoms with Gasteiger partial charge in [-0.05, 0) is 45.2 Å². The second-order valence-electron chi connectivity index (χ2n) is 5.74. The molecule has 1 aromatic heterocycles. The highest BCUT2D eigenvalue weighted by Gasteiger charge is 2.36. The molecule has 4 nitrogen and oxygen atoms in total. The molecule has 1 N–H and O–H groups in total. The number of hydrogen-bond donors (Lipinski definition) is 1. The van der Waals surface area contributed by atoms with Crippen LogP contribution in [-0.4, -0.2) is 29.9 Å². The third-order valence-corrected chi connectivity index (χ3v) is 4.19. The van der Waals surface area contributed by atoms with Crippen molar-refractivity contribution >= 4 is 5.91 Å². The van der Waals surface area contributed by atoms with Gasteiger partial charge in [-0.25, -0.2) is 0 Å². The van der Waals surface area contributed by atoms with Gasteiger partial charge in [0.2, 0.25) is 5.91 Å². The first-order valence-electron chi connectivity index (χ1n) is 7.67. The molecular formula is C16H26N2O2. The van der Waals surface area contributed by atoms with Crippen LogP contribution in [0.25, 0.3) is 0 Å². The summed E-state index contributed by atoms with van der Waals surface area (Å²) in [5, 5.41) is 3.25. The Bertz CT molecular complexity index is 451. The standard InChI is InChI=1S/C16H26N2O2/c1-5-18(6-2)16(19)12(4)17-10-13-7-8-15(20-13)14-9-11(14)3/h7-8,11-12,14,17H,5-6,9-10H2,1-4H3. The van der Waals surface area contributed by atoms with E-state index in [1.807, 2.05) is 31.7 Å². The van der Waals surface area contributed by atoms with Crippen molar-refractivity contribution in [2.75, 3.05) is 13.1 Å². The van der Waals surface area contributed by atoms with Gasteiger partial charge < -0.3 is 9.32 Å². The highest BCUT2D eigenvalue weighted by molar-refractivity contribution is 5.81. The maximum Gasteiger partial charge on any atom is 0.239 e. The lowest BCUT2D eigenvalue weighted by atomic mass is 10.2. The lowest BCUT2D eigenvalue weighted by Gasteiger charge is -2.23. The summed E-state index contributed by atoms with van der Waals surface area (Å²) in [6, 6.07) is 3.91. The lowest BCUT2D eigenvalue weighted by molar-refractivity contribution is -0.132. The van der Waals surface area contributed by atoms with Crippen LogP contribution in [0.3, 0.4) is 0 Å². The molecule has 1 fully saturated rings. The molecule has 1 saturated carbocycles. The second kappa shape index (κ2) is 6.44. The Morgan fingerprint density at radius 1 is 1.45 bits per heavy atom. The van der Waals surface area contributed by atoms with E-state index in [1.54, 1.807) is 0 Å². The van der Waals surface area contributed by atoms with E-state index in [-0.39, 0.29) is 11.9 Å². The van der Waals surface area contributed by atoms with Crippen LogP contribution in [0.4, 0.5) is 0 Å². The molecule has 1 amide bonds. The van der Waals surface area contributed by atoms with Crippen LogP contribution in [0.15, 0.2) is 16.5 Å². The quantitative estimate of drug-likeness (QED) is 0.834. The number of hydrogen-bond acceptors (Lipinski definition) is 3. The number of furan rings is 1. The van der Waals surface area contributed by atoms with Crippen molar-refractivity contribution in [1.29, 1.82) is 0 Å². The van der Waals surface area contributed by atoms with Crippen LogP contribution in [0.1, 0.15) is 51.6 Å². The topological polar surface area (TPSA) is 45.5 Å². The summed E-state index contributed by atoms with van der Waals surface area (Å²) in [5.74, 6) is 3.52. The van der Waals surface area contributed by atoms with Gasteiger partial charge in [-0.2, -0.15) is 0 Å². The van der Waals surface area contributed by atoms with Crippen LogP contribution < -0.4 is 5.32 Å². The van der Waals surface area contributed by atoms with Crippen LogP contribution in [0.5, 0.6) is 0 Å². The van der Waals surface area contributed by atoms with Crippen molar-refractivity contribution in [2.24, 2.45) is 5.92 Å². The average molecular weight is 278 g/mol. The molecule has 0 bridgehead atoms. The monoisotopic (exact) mass is 278 g/mol. The minimum Gasteiger partial charge on any atom is -0.464 e. The molecule has 3 unspecified atom stereocenters. The molecule has 1 aliphatic carbocycles. The molecule has 4 heteroatoms. The molecule has 1 aliphatic rings. The highest BCUT2D eigenvalue weighted by atomic mass is 16.3. The second-order valence-corrected chi connectivity index (χ2v) is 5.74. The average Bonchev–Trinajstić information content (AvgIpc) is 3.00. The van der Waals surface area contributed by atoms with Crippen molar-refractivity contribution in [3.05, 3.63) is 23.7 Å². The Morgan fingerprint density at radius 2 is 2.10 bits per heavy atom. The first-order valence-corrected chi connectivity index (χ1v) is 7.67. The fourth-order valence-corrected chi connectivity index (χ4v) is 2.56. The molecule has 1 aromatic rings. The zero-order valence-electron chi connectivity index (χ0n) is 13.0. The summed E-state index contributed by atoms with van der Waals surface area (Å²) < 4.78 is 5.83. The van der Waals surface area contributed by atoms with E-state index in [1.165, 1.54) is 6.42 Å². The van der Waals surface area contributed by atoms with E-state index < -0.39 is 0 Å². The van der Waals surface area contributed by atoms with Gasteiger partial charge in [-0.1, -0.05) is 6.92 Å². The van der Waals surface area contributed by atoms with Crippen LogP contribution in [0.2, 0.25) is 0 Å². The van der Waals surface area contributed by atoms with Gasteiger partial charge in [0.05, 0.1) is 12.6 Å². The molecule has 3 atom stereocenters. The fourth-order valence-electron chi connectivity index (χ4n) is 2.56. The maximum absolute atomic E-state index is 12.1. The number of nitrogens with zero attached hydrogens (tertiary/aromatic N) is 1. The molecule has 0 aliphatic heterocycles. The van der Waals surface area contributed by atoms with Gasteiger partial charge in [0.15, 0.2) is 0 Å². The molecule has 2 rings (SSSR count). The van der Waals surface area contributed by atoms with Crippen molar-refractivity contribution in [3.8, 4) is 0 Å². The van der Waals surface area contributed by atoms with Crippen molar-refractivity contribution in [1.82, 2.24) is 10.2 Å². The summed E-state index contributed by atoms with van der Waals surface area (Å²) in [6.07, 6.45) is 1.23. The first kappa shape index (κ1) is 15.1. The summed E-state index contributed by atoms with van der Waals surface area (Å²) >= 11 is 0. The van der Waals surface area contributed by atoms with Crippen molar-refractivity contribution in [2.45, 2.75) is 52.6 Å². The van der Waals surface area contributed by atoms with Gasteiger partial charge in [-0.15, -0.1) is 0 Å². The van der Waals surface area contributed by atoms with Crippen molar-refractivity contribution < 1.29 is 9.21 Å². The van der Waals surface area contributed by atoms with Crippen LogP contribution >= 0.6 is 0 Å². The molecule has 0 spiro atoms. The number of nitrogens with one attached hydrogen (secondary N) is 1. The summed E-state index contributed by atoms with van der Waals surface area (Å²) in [6.45, 7) is 10.3. The Balaban J connectivity index is 1.82. The van der Waals surface area contributed by atoms with E-state index in [9.17, 15) is 4.79 Å². The lowest BCUT2D eigenvalue weighted by Crippen LogP contribution is -2.44. The SMILES string of the molecule is CCN(CC)C(=O)C(C)NCc1ccc(C2CC2C)o1. The van der Waals surface area contributed by atoms with Gasteiger partial charge in [-0.3, -0.25) is 10.1 Å². The van der Waals surface area contributed by atoms with Crippen LogP contribution in [-0.2, 0) is 11.3 Å². The third-order valence-electron chi connectivity index (χ3n) is 4.19. The highest BCUT2D eigenvalue weighted by Crippen LogP contribution is 2.47. The Kier molecular flexibility index (Phi) is 4.86. The maximum atomic E-state index is 12.1. The molecule has 0 saturated heterocycles. The Morgan fingerprint density at radius 3 is 2.65 bits per heavy atom. The number of carbonyl (C=O) groups excluding carboxylic acids is 1. The fraction of sp³-hybridized carbons (Fsp3) is 0.688. The van der Waals surface area contributed by atoms with Gasteiger partial charge in [0, 0.05) is 19.0 Å². The van der Waals surface area contributed by atoms with Crippen molar-refractivity contribution in [3.63, 3.8) is 0 Å².